The third kappa shape index (κ3) is 6.20. The van der Waals surface area contributed by atoms with Gasteiger partial charge in [0.25, 0.3) is 21.8 Å². The fourth-order valence-electron chi connectivity index (χ4n) is 3.06. The largest absolute Gasteiger partial charge is 0.370 e. The number of hydrogen-bond acceptors (Lipinski definition) is 5. The number of carbonyl (C=O) groups excluding carboxylic acids is 3. The van der Waals surface area contributed by atoms with E-state index in [2.05, 4.69) is 15.4 Å². The Morgan fingerprint density at radius 2 is 1.44 bits per heavy atom. The summed E-state index contributed by atoms with van der Waals surface area (Å²) >= 11 is 0. The molecule has 0 aliphatic rings. The summed E-state index contributed by atoms with van der Waals surface area (Å²) in [4.78, 5) is 36.0. The molecule has 0 aromatic heterocycles. The second kappa shape index (κ2) is 10.6. The molecule has 3 aromatic carbocycles. The van der Waals surface area contributed by atoms with Gasteiger partial charge in [-0.2, -0.15) is 0 Å². The van der Waals surface area contributed by atoms with E-state index in [-0.39, 0.29) is 34.7 Å². The summed E-state index contributed by atoms with van der Waals surface area (Å²) in [6.45, 7) is 1.87. The van der Waals surface area contributed by atoms with Gasteiger partial charge in [0.05, 0.1) is 21.8 Å². The molecule has 0 saturated carbocycles. The molecule has 3 aromatic rings. The monoisotopic (exact) mass is 480 g/mol. The van der Waals surface area contributed by atoms with Gasteiger partial charge in [0, 0.05) is 18.5 Å². The van der Waals surface area contributed by atoms with Crippen LogP contribution < -0.4 is 21.1 Å². The quantitative estimate of drug-likeness (QED) is 0.372. The van der Waals surface area contributed by atoms with E-state index in [1.54, 1.807) is 43.3 Å². The van der Waals surface area contributed by atoms with E-state index in [4.69, 9.17) is 5.73 Å². The fraction of sp³-hybridized carbons (Fsp3) is 0.125. The van der Waals surface area contributed by atoms with E-state index >= 15 is 0 Å². The van der Waals surface area contributed by atoms with Gasteiger partial charge in [0.2, 0.25) is 5.91 Å². The first kappa shape index (κ1) is 24.5. The summed E-state index contributed by atoms with van der Waals surface area (Å²) in [7, 11) is -3.84. The zero-order valence-electron chi connectivity index (χ0n) is 18.4. The predicted octanol–water partition coefficient (Wildman–Crippen LogP) is 2.65. The predicted molar refractivity (Wildman–Crippen MR) is 129 cm³/mol. The number of amides is 3. The molecule has 0 saturated heterocycles. The first-order valence-corrected chi connectivity index (χ1v) is 11.8. The summed E-state index contributed by atoms with van der Waals surface area (Å²) in [5.41, 5.74) is 7.00. The first-order valence-electron chi connectivity index (χ1n) is 10.3. The SMILES string of the molecule is Cc1ccccc1NS(=O)(=O)c1ccc(C(=O)Nc2ccccc2C(=O)NCCC(N)=O)cc1. The van der Waals surface area contributed by atoms with Crippen LogP contribution in [-0.2, 0) is 14.8 Å². The summed E-state index contributed by atoms with van der Waals surface area (Å²) in [6, 6.07) is 18.8. The van der Waals surface area contributed by atoms with Gasteiger partial charge in [-0.3, -0.25) is 19.1 Å². The molecule has 176 valence electrons. The van der Waals surface area contributed by atoms with Gasteiger partial charge in [0.1, 0.15) is 0 Å². The molecule has 0 bridgehead atoms. The molecule has 0 atom stereocenters. The molecule has 0 aliphatic carbocycles. The van der Waals surface area contributed by atoms with Crippen LogP contribution >= 0.6 is 0 Å². The highest BCUT2D eigenvalue weighted by molar-refractivity contribution is 7.92. The van der Waals surface area contributed by atoms with Gasteiger partial charge in [0.15, 0.2) is 0 Å². The molecule has 0 spiro atoms. The van der Waals surface area contributed by atoms with E-state index in [1.807, 2.05) is 6.07 Å². The Kier molecular flexibility index (Phi) is 7.64. The number of carbonyl (C=O) groups is 3. The summed E-state index contributed by atoms with van der Waals surface area (Å²) in [5, 5.41) is 5.22. The van der Waals surface area contributed by atoms with Gasteiger partial charge in [-0.25, -0.2) is 8.42 Å². The lowest BCUT2D eigenvalue weighted by Gasteiger charge is -2.12. The van der Waals surface area contributed by atoms with Crippen molar-refractivity contribution in [2.45, 2.75) is 18.2 Å². The highest BCUT2D eigenvalue weighted by Gasteiger charge is 2.17. The third-order valence-corrected chi connectivity index (χ3v) is 6.27. The second-order valence-corrected chi connectivity index (χ2v) is 9.10. The fourth-order valence-corrected chi connectivity index (χ4v) is 4.19. The van der Waals surface area contributed by atoms with Crippen LogP contribution in [0.4, 0.5) is 11.4 Å². The van der Waals surface area contributed by atoms with Gasteiger partial charge in [-0.1, -0.05) is 30.3 Å². The lowest BCUT2D eigenvalue weighted by atomic mass is 10.1. The minimum atomic E-state index is -3.84. The zero-order valence-corrected chi connectivity index (χ0v) is 19.2. The molecular weight excluding hydrogens is 456 g/mol. The molecule has 5 N–H and O–H groups in total. The van der Waals surface area contributed by atoms with Crippen molar-refractivity contribution in [3.05, 3.63) is 89.5 Å². The average Bonchev–Trinajstić information content (AvgIpc) is 2.80. The third-order valence-electron chi connectivity index (χ3n) is 4.89. The van der Waals surface area contributed by atoms with Gasteiger partial charge >= 0.3 is 0 Å². The normalized spacial score (nSPS) is 10.9. The van der Waals surface area contributed by atoms with Crippen LogP contribution in [0.15, 0.2) is 77.7 Å². The maximum Gasteiger partial charge on any atom is 0.261 e. The number of para-hydroxylation sites is 2. The minimum Gasteiger partial charge on any atom is -0.370 e. The van der Waals surface area contributed by atoms with Crippen LogP contribution in [0.25, 0.3) is 0 Å². The van der Waals surface area contributed by atoms with Gasteiger partial charge < -0.3 is 16.4 Å². The Morgan fingerprint density at radius 3 is 2.09 bits per heavy atom. The van der Waals surface area contributed by atoms with Crippen molar-refractivity contribution < 1.29 is 22.8 Å². The Balaban J connectivity index is 1.72. The molecule has 3 amide bonds. The number of primary amides is 1. The van der Waals surface area contributed by atoms with Crippen molar-refractivity contribution in [1.82, 2.24) is 5.32 Å². The number of rotatable bonds is 9. The van der Waals surface area contributed by atoms with Crippen molar-refractivity contribution in [2.75, 3.05) is 16.6 Å². The van der Waals surface area contributed by atoms with E-state index in [0.717, 1.165) is 5.56 Å². The average molecular weight is 481 g/mol. The molecule has 0 radical (unpaired) electrons. The van der Waals surface area contributed by atoms with Crippen molar-refractivity contribution in [2.24, 2.45) is 5.73 Å². The summed E-state index contributed by atoms with van der Waals surface area (Å²) in [6.07, 6.45) is -0.00573. The second-order valence-electron chi connectivity index (χ2n) is 7.42. The van der Waals surface area contributed by atoms with E-state index in [0.29, 0.717) is 5.69 Å². The van der Waals surface area contributed by atoms with Crippen LogP contribution in [0.2, 0.25) is 0 Å². The zero-order chi connectivity index (χ0) is 24.7. The Morgan fingerprint density at radius 1 is 0.824 bits per heavy atom. The highest BCUT2D eigenvalue weighted by Crippen LogP contribution is 2.21. The molecule has 3 rings (SSSR count). The van der Waals surface area contributed by atoms with Crippen LogP contribution in [0.1, 0.15) is 32.7 Å². The van der Waals surface area contributed by atoms with Crippen molar-refractivity contribution in [1.29, 1.82) is 0 Å². The maximum absolute atomic E-state index is 12.7. The molecule has 34 heavy (non-hydrogen) atoms. The van der Waals surface area contributed by atoms with Gasteiger partial charge in [-0.05, 0) is 55.0 Å². The molecule has 0 heterocycles. The summed E-state index contributed by atoms with van der Waals surface area (Å²) < 4.78 is 27.9. The minimum absolute atomic E-state index is 0.00142. The lowest BCUT2D eigenvalue weighted by Crippen LogP contribution is -2.28. The smallest absolute Gasteiger partial charge is 0.261 e. The van der Waals surface area contributed by atoms with Crippen LogP contribution in [-0.4, -0.2) is 32.7 Å². The maximum atomic E-state index is 12.7. The molecule has 10 heteroatoms. The molecule has 9 nitrogen and oxygen atoms in total. The molecule has 0 unspecified atom stereocenters. The van der Waals surface area contributed by atoms with Crippen molar-refractivity contribution >= 4 is 39.1 Å². The Bertz CT molecular complexity index is 1320. The topological polar surface area (TPSA) is 147 Å². The number of nitrogens with two attached hydrogens (primary N) is 1. The van der Waals surface area contributed by atoms with Crippen molar-refractivity contribution in [3.63, 3.8) is 0 Å². The lowest BCUT2D eigenvalue weighted by molar-refractivity contribution is -0.117. The number of anilines is 2. The van der Waals surface area contributed by atoms with Crippen LogP contribution in [0, 0.1) is 6.92 Å². The van der Waals surface area contributed by atoms with E-state index in [1.165, 1.54) is 30.3 Å². The standard InChI is InChI=1S/C24H24N4O5S/c1-16-6-2-4-8-20(16)28-34(32,33)18-12-10-17(11-13-18)23(30)27-21-9-5-3-7-19(21)24(31)26-15-14-22(25)29/h2-13,28H,14-15H2,1H3,(H2,25,29)(H,26,31)(H,27,30). The van der Waals surface area contributed by atoms with Crippen LogP contribution in [0.5, 0.6) is 0 Å². The molecular formula is C24H24N4O5S. The van der Waals surface area contributed by atoms with Crippen molar-refractivity contribution in [3.8, 4) is 0 Å². The Labute approximate surface area is 197 Å². The number of hydrogen-bond donors (Lipinski definition) is 4. The summed E-state index contributed by atoms with van der Waals surface area (Å²) in [5.74, 6) is -1.53. The Hall–Kier alpha value is -4.18. The molecule has 0 fully saturated rings. The van der Waals surface area contributed by atoms with Crippen LogP contribution in [0.3, 0.4) is 0 Å². The molecule has 0 aliphatic heterocycles. The number of aryl methyl sites for hydroxylation is 1. The number of sulfonamides is 1. The number of benzene rings is 3. The number of nitrogens with one attached hydrogen (secondary N) is 3. The van der Waals surface area contributed by atoms with E-state index in [9.17, 15) is 22.8 Å². The van der Waals surface area contributed by atoms with E-state index < -0.39 is 27.7 Å². The van der Waals surface area contributed by atoms with Gasteiger partial charge in [-0.15, -0.1) is 0 Å². The first-order chi connectivity index (χ1) is 16.2. The highest BCUT2D eigenvalue weighted by atomic mass is 32.2.